The molecule has 1 aromatic carbocycles. The number of benzene rings is 1. The Hall–Kier alpha value is -2.12. The molecule has 8 heteroatoms. The van der Waals surface area contributed by atoms with Crippen molar-refractivity contribution in [1.82, 2.24) is 15.4 Å². The molecule has 1 unspecified atom stereocenters. The van der Waals surface area contributed by atoms with Crippen LogP contribution < -0.4 is 10.4 Å². The molecule has 0 fully saturated rings. The Kier molecular flexibility index (Phi) is 3.76. The Morgan fingerprint density at radius 1 is 1.23 bits per heavy atom. The summed E-state index contributed by atoms with van der Waals surface area (Å²) in [4.78, 5) is 8.24. The first kappa shape index (κ1) is 14.8. The molecule has 1 atom stereocenters. The first-order valence-corrected chi connectivity index (χ1v) is 6.71. The lowest BCUT2D eigenvalue weighted by Crippen LogP contribution is -2.44. The summed E-state index contributed by atoms with van der Waals surface area (Å²) >= 11 is 5.93. The zero-order chi connectivity index (χ0) is 15.7. The molecule has 114 valence electrons. The summed E-state index contributed by atoms with van der Waals surface area (Å²) in [7, 11) is 0. The fraction of sp³-hybridized carbons (Fsp3) is 0.143. The van der Waals surface area contributed by atoms with Crippen LogP contribution in [0.4, 0.5) is 19.1 Å². The van der Waals surface area contributed by atoms with Gasteiger partial charge in [0.15, 0.2) is 0 Å². The molecule has 0 spiro atoms. The average Bonchev–Trinajstić information content (AvgIpc) is 2.97. The highest BCUT2D eigenvalue weighted by Crippen LogP contribution is 2.26. The van der Waals surface area contributed by atoms with Gasteiger partial charge in [-0.05, 0) is 24.3 Å². The van der Waals surface area contributed by atoms with Gasteiger partial charge in [-0.15, -0.1) is 0 Å². The summed E-state index contributed by atoms with van der Waals surface area (Å²) in [5, 5.41) is 1.70. The molecule has 1 N–H and O–H groups in total. The van der Waals surface area contributed by atoms with Crippen LogP contribution >= 0.6 is 11.6 Å². The maximum Gasteiger partial charge on any atom is 0.409 e. The maximum atomic E-state index is 12.6. The minimum absolute atomic E-state index is 0.125. The number of halogens is 4. The van der Waals surface area contributed by atoms with Gasteiger partial charge < -0.3 is 0 Å². The van der Waals surface area contributed by atoms with E-state index in [1.807, 2.05) is 6.07 Å². The second-order valence-corrected chi connectivity index (χ2v) is 5.05. The van der Waals surface area contributed by atoms with Crippen LogP contribution in [-0.4, -0.2) is 22.2 Å². The molecule has 0 aliphatic carbocycles. The summed E-state index contributed by atoms with van der Waals surface area (Å²) in [5.74, 6) is 0.125. The molecular formula is C14H10ClF3N4. The summed E-state index contributed by atoms with van der Waals surface area (Å²) in [5.41, 5.74) is 3.61. The lowest BCUT2D eigenvalue weighted by atomic mass is 10.1. The van der Waals surface area contributed by atoms with E-state index in [2.05, 4.69) is 15.4 Å². The molecule has 3 rings (SSSR count). The van der Waals surface area contributed by atoms with Gasteiger partial charge in [-0.1, -0.05) is 23.7 Å². The number of anilines is 1. The number of nitrogens with one attached hydrogen (secondary N) is 1. The molecule has 0 amide bonds. The van der Waals surface area contributed by atoms with Crippen LogP contribution in [0.5, 0.6) is 0 Å². The first-order chi connectivity index (χ1) is 10.4. The third-order valence-corrected chi connectivity index (χ3v) is 3.27. The lowest BCUT2D eigenvalue weighted by Gasteiger charge is -2.19. The number of hydrazine groups is 1. The first-order valence-electron chi connectivity index (χ1n) is 6.33. The second-order valence-electron chi connectivity index (χ2n) is 4.61. The molecule has 1 aromatic heterocycles. The van der Waals surface area contributed by atoms with Crippen molar-refractivity contribution in [3.63, 3.8) is 0 Å². The quantitative estimate of drug-likeness (QED) is 0.916. The Morgan fingerprint density at radius 2 is 2.05 bits per heavy atom. The van der Waals surface area contributed by atoms with E-state index in [0.717, 1.165) is 16.6 Å². The van der Waals surface area contributed by atoms with Crippen LogP contribution in [0.3, 0.4) is 0 Å². The van der Waals surface area contributed by atoms with Gasteiger partial charge in [-0.3, -0.25) is 5.01 Å². The van der Waals surface area contributed by atoms with E-state index in [0.29, 0.717) is 10.7 Å². The highest BCUT2D eigenvalue weighted by Gasteiger charge is 2.41. The highest BCUT2D eigenvalue weighted by atomic mass is 35.5. The van der Waals surface area contributed by atoms with E-state index in [1.165, 1.54) is 12.4 Å². The van der Waals surface area contributed by atoms with Crippen LogP contribution in [0.25, 0.3) is 11.3 Å². The number of aromatic nitrogens is 2. The van der Waals surface area contributed by atoms with Gasteiger partial charge in [-0.25, -0.2) is 15.4 Å². The SMILES string of the molecule is FC(F)(F)C1C=CN(c2nccc(-c3cccc(Cl)c3)n2)N1. The van der Waals surface area contributed by atoms with Crippen LogP contribution in [0.15, 0.2) is 48.8 Å². The third kappa shape index (κ3) is 3.05. The predicted octanol–water partition coefficient (Wildman–Crippen LogP) is 3.57. The van der Waals surface area contributed by atoms with Gasteiger partial charge in [0.25, 0.3) is 0 Å². The van der Waals surface area contributed by atoms with E-state index >= 15 is 0 Å². The van der Waals surface area contributed by atoms with E-state index in [9.17, 15) is 13.2 Å². The van der Waals surface area contributed by atoms with Crippen molar-refractivity contribution in [2.45, 2.75) is 12.2 Å². The predicted molar refractivity (Wildman–Crippen MR) is 77.1 cm³/mol. The van der Waals surface area contributed by atoms with E-state index < -0.39 is 12.2 Å². The van der Waals surface area contributed by atoms with Crippen molar-refractivity contribution < 1.29 is 13.2 Å². The van der Waals surface area contributed by atoms with Crippen molar-refractivity contribution in [2.75, 3.05) is 5.01 Å². The molecule has 0 radical (unpaired) electrons. The van der Waals surface area contributed by atoms with Crippen molar-refractivity contribution in [2.24, 2.45) is 0 Å². The minimum atomic E-state index is -4.37. The zero-order valence-corrected chi connectivity index (χ0v) is 11.8. The highest BCUT2D eigenvalue weighted by molar-refractivity contribution is 6.30. The summed E-state index contributed by atoms with van der Waals surface area (Å²) in [6, 6.07) is 6.95. The minimum Gasteiger partial charge on any atom is -0.250 e. The standard InChI is InChI=1S/C14H10ClF3N4/c15-10-3-1-2-9(8-10)11-4-6-19-13(20-11)22-7-5-12(21-22)14(16,17)18/h1-8,12,21H. The van der Waals surface area contributed by atoms with Gasteiger partial charge in [0, 0.05) is 23.0 Å². The monoisotopic (exact) mass is 326 g/mol. The molecule has 0 bridgehead atoms. The molecule has 1 aliphatic heterocycles. The Morgan fingerprint density at radius 3 is 2.73 bits per heavy atom. The normalized spacial score (nSPS) is 18.0. The Labute approximate surface area is 129 Å². The molecule has 0 saturated carbocycles. The smallest absolute Gasteiger partial charge is 0.250 e. The topological polar surface area (TPSA) is 41.1 Å². The van der Waals surface area contributed by atoms with Gasteiger partial charge in [0.1, 0.15) is 6.04 Å². The average molecular weight is 327 g/mol. The van der Waals surface area contributed by atoms with E-state index in [-0.39, 0.29) is 5.95 Å². The van der Waals surface area contributed by atoms with Crippen molar-refractivity contribution >= 4 is 17.5 Å². The fourth-order valence-corrected chi connectivity index (χ4v) is 2.18. The van der Waals surface area contributed by atoms with E-state index in [1.54, 1.807) is 24.3 Å². The number of nitrogens with zero attached hydrogens (tertiary/aromatic N) is 3. The van der Waals surface area contributed by atoms with Crippen molar-refractivity contribution in [3.05, 3.63) is 53.8 Å². The summed E-state index contributed by atoms with van der Waals surface area (Å²) < 4.78 is 37.9. The summed E-state index contributed by atoms with van der Waals surface area (Å²) in [6.07, 6.45) is -0.616. The number of rotatable bonds is 2. The third-order valence-electron chi connectivity index (χ3n) is 3.04. The summed E-state index contributed by atoms with van der Waals surface area (Å²) in [6.45, 7) is 0. The fourth-order valence-electron chi connectivity index (χ4n) is 1.99. The molecule has 4 nitrogen and oxygen atoms in total. The molecule has 22 heavy (non-hydrogen) atoms. The Balaban J connectivity index is 1.86. The largest absolute Gasteiger partial charge is 0.409 e. The zero-order valence-electron chi connectivity index (χ0n) is 11.0. The number of alkyl halides is 3. The van der Waals surface area contributed by atoms with Crippen LogP contribution in [0, 0.1) is 0 Å². The molecular weight excluding hydrogens is 317 g/mol. The lowest BCUT2D eigenvalue weighted by molar-refractivity contribution is -0.142. The van der Waals surface area contributed by atoms with Crippen LogP contribution in [0.1, 0.15) is 0 Å². The van der Waals surface area contributed by atoms with Gasteiger partial charge in [0.05, 0.1) is 5.69 Å². The van der Waals surface area contributed by atoms with Crippen LogP contribution in [-0.2, 0) is 0 Å². The van der Waals surface area contributed by atoms with Gasteiger partial charge >= 0.3 is 6.18 Å². The van der Waals surface area contributed by atoms with Crippen molar-refractivity contribution in [1.29, 1.82) is 0 Å². The Bertz CT molecular complexity index is 717. The van der Waals surface area contributed by atoms with Gasteiger partial charge in [-0.2, -0.15) is 13.2 Å². The second kappa shape index (κ2) is 5.58. The van der Waals surface area contributed by atoms with Gasteiger partial charge in [0.2, 0.25) is 5.95 Å². The molecule has 2 aromatic rings. The van der Waals surface area contributed by atoms with Crippen molar-refractivity contribution in [3.8, 4) is 11.3 Å². The van der Waals surface area contributed by atoms with E-state index in [4.69, 9.17) is 11.6 Å². The number of hydrogen-bond acceptors (Lipinski definition) is 4. The molecule has 2 heterocycles. The molecule has 1 aliphatic rings. The maximum absolute atomic E-state index is 12.6. The van der Waals surface area contributed by atoms with Crippen LogP contribution in [0.2, 0.25) is 5.02 Å². The molecule has 0 saturated heterocycles. The number of hydrogen-bond donors (Lipinski definition) is 1.